The fraction of sp³-hybridized carbons (Fsp3) is 0.522. The molecule has 63 heavy (non-hydrogen) atoms. The van der Waals surface area contributed by atoms with Gasteiger partial charge in [-0.05, 0) is 79.2 Å². The van der Waals surface area contributed by atoms with Gasteiger partial charge in [0.05, 0.1) is 29.2 Å². The summed E-state index contributed by atoms with van der Waals surface area (Å²) in [5.41, 5.74) is 3.18. The Bertz CT molecular complexity index is 2510. The third kappa shape index (κ3) is 10.2. The molecule has 15 nitrogen and oxygen atoms in total. The van der Waals surface area contributed by atoms with Gasteiger partial charge < -0.3 is 19.7 Å². The number of fused-ring (bicyclic) bond motifs is 3. The van der Waals surface area contributed by atoms with Crippen LogP contribution in [0, 0.1) is 18.3 Å². The topological polar surface area (TPSA) is 182 Å². The fourth-order valence-corrected chi connectivity index (χ4v) is 9.96. The van der Waals surface area contributed by atoms with E-state index in [1.54, 1.807) is 32.1 Å². The Morgan fingerprint density at radius 2 is 1.78 bits per heavy atom. The molecule has 2 aromatic carbocycles. The lowest BCUT2D eigenvalue weighted by atomic mass is 9.91. The van der Waals surface area contributed by atoms with Crippen LogP contribution in [0.25, 0.3) is 32.9 Å². The number of nitrogens with one attached hydrogen (secondary N) is 2. The van der Waals surface area contributed by atoms with Crippen LogP contribution in [0.1, 0.15) is 97.6 Å². The van der Waals surface area contributed by atoms with E-state index in [0.717, 1.165) is 44.5 Å². The highest BCUT2D eigenvalue weighted by Crippen LogP contribution is 2.57. The first-order valence-corrected chi connectivity index (χ1v) is 24.0. The zero-order chi connectivity index (χ0) is 45.4. The van der Waals surface area contributed by atoms with Gasteiger partial charge in [0.1, 0.15) is 28.3 Å². The minimum Gasteiger partial charge on any atom is -0.459 e. The molecule has 4 aromatic rings. The van der Waals surface area contributed by atoms with Crippen LogP contribution < -0.4 is 14.8 Å². The number of hydrogen-bond donors (Lipinski definition) is 2. The summed E-state index contributed by atoms with van der Waals surface area (Å²) in [6.07, 6.45) is 5.68. The van der Waals surface area contributed by atoms with Gasteiger partial charge in [-0.15, -0.1) is 11.3 Å². The lowest BCUT2D eigenvalue weighted by Gasteiger charge is -2.30. The van der Waals surface area contributed by atoms with Gasteiger partial charge in [0.15, 0.2) is 5.78 Å². The molecular weight excluding hydrogens is 843 g/mol. The van der Waals surface area contributed by atoms with Crippen LogP contribution in [-0.2, 0) is 29.3 Å². The minimum atomic E-state index is -4.15. The minimum absolute atomic E-state index is 0.000567. The molecule has 3 amide bonds. The molecule has 2 aliphatic heterocycles. The monoisotopic (exact) mass is 901 g/mol. The molecule has 5 atom stereocenters. The highest BCUT2D eigenvalue weighted by atomic mass is 32.2. The van der Waals surface area contributed by atoms with Crippen LogP contribution in [0.3, 0.4) is 0 Å². The van der Waals surface area contributed by atoms with Crippen LogP contribution in [-0.4, -0.2) is 100 Å². The molecule has 7 rings (SSSR count). The number of carbonyl (C=O) groups excluding carboxylic acids is 4. The second-order valence-corrected chi connectivity index (χ2v) is 21.3. The summed E-state index contributed by atoms with van der Waals surface area (Å²) >= 11 is 1.55. The third-order valence-electron chi connectivity index (χ3n) is 12.0. The predicted molar refractivity (Wildman–Crippen MR) is 242 cm³/mol. The van der Waals surface area contributed by atoms with Crippen molar-refractivity contribution in [1.82, 2.24) is 33.8 Å². The lowest BCUT2D eigenvalue weighted by Crippen LogP contribution is -2.53. The summed E-state index contributed by atoms with van der Waals surface area (Å²) in [4.78, 5) is 68.0. The second kappa shape index (κ2) is 18.2. The number of alkyl carbamates (subject to hydrolysis) is 1. The van der Waals surface area contributed by atoms with Crippen molar-refractivity contribution in [3.05, 3.63) is 65.6 Å². The van der Waals surface area contributed by atoms with E-state index in [2.05, 4.69) is 34.3 Å². The maximum absolute atomic E-state index is 14.8. The Kier molecular flexibility index (Phi) is 13.2. The fourth-order valence-electron chi connectivity index (χ4n) is 8.52. The molecule has 0 radical (unpaired) electrons. The second-order valence-electron chi connectivity index (χ2n) is 18.5. The molecular formula is C46H59N7O8S2. The van der Waals surface area contributed by atoms with Crippen LogP contribution in [0.4, 0.5) is 4.79 Å². The van der Waals surface area contributed by atoms with Gasteiger partial charge in [0, 0.05) is 49.5 Å². The number of aryl methyl sites for hydroxylation is 1. The number of para-hydroxylation sites is 1. The maximum atomic E-state index is 14.8. The first-order valence-electron chi connectivity index (χ1n) is 21.7. The summed E-state index contributed by atoms with van der Waals surface area (Å²) in [5.74, 6) is -1.99. The molecule has 1 saturated heterocycles. The molecule has 0 spiro atoms. The Morgan fingerprint density at radius 1 is 1.03 bits per heavy atom. The Hall–Kier alpha value is -5.13. The number of amides is 3. The summed E-state index contributed by atoms with van der Waals surface area (Å²) in [5, 5.41) is 5.69. The van der Waals surface area contributed by atoms with Crippen molar-refractivity contribution >= 4 is 56.3 Å². The number of hydrogen-bond acceptors (Lipinski definition) is 11. The zero-order valence-corrected chi connectivity index (χ0v) is 39.0. The highest BCUT2D eigenvalue weighted by Gasteiger charge is 2.61. The molecule has 1 saturated carbocycles. The normalized spacial score (nSPS) is 24.1. The van der Waals surface area contributed by atoms with Crippen molar-refractivity contribution < 1.29 is 37.1 Å². The van der Waals surface area contributed by atoms with Crippen molar-refractivity contribution in [1.29, 1.82) is 0 Å². The van der Waals surface area contributed by atoms with E-state index in [0.29, 0.717) is 30.8 Å². The smallest absolute Gasteiger partial charge is 0.408 e. The molecule has 0 bridgehead atoms. The summed E-state index contributed by atoms with van der Waals surface area (Å²) in [6.45, 7) is 11.3. The van der Waals surface area contributed by atoms with Crippen molar-refractivity contribution in [2.45, 2.75) is 123 Å². The standard InChI is InChI=1S/C46H59N7O8S2/c1-28(2)53-36-18-14-16-33(35-27-62-40(47-35)30-21-19-29(3)20-22-30)39(36)49-43(53)60-32-23-37-38(54)25-46(42(56)50-63(58,59)51(7)8)24-31(46)15-12-10-9-11-13-17-34(41(55)52(37)26-32)48-44(57)61-45(4,5)6/h12,14-16,18-22,27-28,31-32,34,37H,9-11,13,17,23-26H2,1-8H3,(H,48,57)(H,50,56)/b15-12-/t31-,32-,34+,37+,46-/m1/s1. The van der Waals surface area contributed by atoms with Crippen LogP contribution >= 0.6 is 11.3 Å². The molecule has 2 fully saturated rings. The van der Waals surface area contributed by atoms with Crippen LogP contribution in [0.5, 0.6) is 6.01 Å². The zero-order valence-electron chi connectivity index (χ0n) is 37.3. The number of carbonyl (C=O) groups is 4. The number of nitrogens with zero attached hydrogens (tertiary/aromatic N) is 5. The number of Topliss-reactive ketones (excluding diaryl/α,β-unsaturated/α-hetero) is 1. The number of imidazole rings is 1. The van der Waals surface area contributed by atoms with Gasteiger partial charge in [0.2, 0.25) is 11.8 Å². The predicted octanol–water partition coefficient (Wildman–Crippen LogP) is 7.37. The van der Waals surface area contributed by atoms with Gasteiger partial charge in [0.25, 0.3) is 6.01 Å². The van der Waals surface area contributed by atoms with Crippen LogP contribution in [0.15, 0.2) is 60.0 Å². The summed E-state index contributed by atoms with van der Waals surface area (Å²) in [7, 11) is -1.51. The molecule has 1 aliphatic carbocycles. The molecule has 2 N–H and O–H groups in total. The van der Waals surface area contributed by atoms with E-state index >= 15 is 0 Å². The van der Waals surface area contributed by atoms with Gasteiger partial charge in [-0.25, -0.2) is 14.5 Å². The van der Waals surface area contributed by atoms with Crippen molar-refractivity contribution in [2.75, 3.05) is 20.6 Å². The van der Waals surface area contributed by atoms with E-state index in [-0.39, 0.29) is 37.8 Å². The van der Waals surface area contributed by atoms with Gasteiger partial charge in [-0.1, -0.05) is 67.0 Å². The molecule has 2 aromatic heterocycles. The van der Waals surface area contributed by atoms with Crippen molar-refractivity contribution in [3.63, 3.8) is 0 Å². The molecule has 3 aliphatic rings. The van der Waals surface area contributed by atoms with Gasteiger partial charge in [-0.3, -0.25) is 19.0 Å². The number of thiazole rings is 1. The number of ketones is 1. The quantitative estimate of drug-likeness (QED) is 0.161. The van der Waals surface area contributed by atoms with Crippen LogP contribution in [0.2, 0.25) is 0 Å². The van der Waals surface area contributed by atoms with E-state index in [9.17, 15) is 27.6 Å². The summed E-state index contributed by atoms with van der Waals surface area (Å²) < 4.78 is 43.1. The Balaban J connectivity index is 1.23. The largest absolute Gasteiger partial charge is 0.459 e. The van der Waals surface area contributed by atoms with E-state index in [1.807, 2.05) is 61.1 Å². The SMILES string of the molecule is Cc1ccc(-c2nc(-c3cccc4c3nc(O[C@@H]3C[C@H]5C(=O)C[C@]6(C(=O)NS(=O)(=O)N(C)C)C[C@H]6/C=C\CCCCC[C@H](NC(=O)OC(C)(C)C)C(=O)N5C3)n4C(C)C)cs2)cc1. The lowest BCUT2D eigenvalue weighted by molar-refractivity contribution is -0.140. The average molecular weight is 902 g/mol. The Morgan fingerprint density at radius 3 is 2.48 bits per heavy atom. The van der Waals surface area contributed by atoms with E-state index in [4.69, 9.17) is 19.4 Å². The number of benzene rings is 2. The molecule has 338 valence electrons. The number of rotatable bonds is 9. The molecule has 4 heterocycles. The van der Waals surface area contributed by atoms with Gasteiger partial charge >= 0.3 is 16.3 Å². The van der Waals surface area contributed by atoms with E-state index in [1.165, 1.54) is 24.6 Å². The maximum Gasteiger partial charge on any atom is 0.408 e. The van der Waals surface area contributed by atoms with Crippen molar-refractivity contribution in [3.8, 4) is 27.8 Å². The molecule has 0 unspecified atom stereocenters. The Labute approximate surface area is 373 Å². The molecule has 17 heteroatoms. The van der Waals surface area contributed by atoms with E-state index < -0.39 is 63.1 Å². The summed E-state index contributed by atoms with van der Waals surface area (Å²) in [6, 6.07) is 12.3. The number of ether oxygens (including phenoxy) is 2. The third-order valence-corrected chi connectivity index (χ3v) is 14.3. The number of aromatic nitrogens is 3. The number of allylic oxidation sites excluding steroid dienone is 2. The van der Waals surface area contributed by atoms with Crippen molar-refractivity contribution in [2.24, 2.45) is 11.3 Å². The first kappa shape index (κ1) is 45.9. The van der Waals surface area contributed by atoms with Gasteiger partial charge in [-0.2, -0.15) is 17.7 Å². The first-order chi connectivity index (χ1) is 29.8. The highest BCUT2D eigenvalue weighted by molar-refractivity contribution is 7.87. The average Bonchev–Trinajstić information content (AvgIpc) is 3.55.